The number of thioether (sulfide) groups is 1. The number of aliphatic hydroxyl groups excluding tert-OH is 3. The molecular weight excluding hydrogens is 164 g/mol. The van der Waals surface area contributed by atoms with E-state index in [9.17, 15) is 5.11 Å². The highest BCUT2D eigenvalue weighted by atomic mass is 32.2. The number of hydrogen-bond acceptors (Lipinski definition) is 4. The van der Waals surface area contributed by atoms with Crippen LogP contribution in [0.1, 0.15) is 6.42 Å². The van der Waals surface area contributed by atoms with Gasteiger partial charge in [0.15, 0.2) is 0 Å². The predicted octanol–water partition coefficient (Wildman–Crippen LogP) is -0.546. The molecule has 3 N–H and O–H groups in total. The highest BCUT2D eigenvalue weighted by Gasteiger charge is 2.27. The second-order valence-electron chi connectivity index (χ2n) is 2.94. The smallest absolute Gasteiger partial charge is 0.0774 e. The summed E-state index contributed by atoms with van der Waals surface area (Å²) in [5.74, 6) is 1.84. The van der Waals surface area contributed by atoms with Gasteiger partial charge in [-0.05, 0) is 18.1 Å². The first kappa shape index (κ1) is 9.32. The van der Waals surface area contributed by atoms with E-state index in [-0.39, 0.29) is 18.6 Å². The average molecular weight is 178 g/mol. The molecule has 0 radical (unpaired) electrons. The summed E-state index contributed by atoms with van der Waals surface area (Å²) in [6, 6.07) is 0. The molecule has 1 fully saturated rings. The molecule has 3 unspecified atom stereocenters. The molecule has 11 heavy (non-hydrogen) atoms. The zero-order valence-electron chi connectivity index (χ0n) is 6.31. The van der Waals surface area contributed by atoms with Crippen LogP contribution in [-0.4, -0.2) is 45.6 Å². The van der Waals surface area contributed by atoms with E-state index in [1.165, 1.54) is 0 Å². The van der Waals surface area contributed by atoms with Crippen molar-refractivity contribution in [3.8, 4) is 0 Å². The van der Waals surface area contributed by atoms with Gasteiger partial charge in [0.1, 0.15) is 0 Å². The minimum absolute atomic E-state index is 0.169. The van der Waals surface area contributed by atoms with Gasteiger partial charge in [-0.15, -0.1) is 0 Å². The van der Waals surface area contributed by atoms with Gasteiger partial charge in [-0.25, -0.2) is 0 Å². The lowest BCUT2D eigenvalue weighted by atomic mass is 9.99. The van der Waals surface area contributed by atoms with Crippen LogP contribution in [-0.2, 0) is 0 Å². The third-order valence-corrected chi connectivity index (χ3v) is 3.19. The van der Waals surface area contributed by atoms with Crippen molar-refractivity contribution in [2.45, 2.75) is 18.6 Å². The standard InChI is InChI=1S/C7H14O3S/c8-2-6(9)1-5-3-11-4-7(5)10/h5-10H,1-4H2. The van der Waals surface area contributed by atoms with Gasteiger partial charge in [-0.2, -0.15) is 11.8 Å². The molecule has 0 aromatic rings. The molecule has 1 rings (SSSR count). The van der Waals surface area contributed by atoms with Crippen molar-refractivity contribution in [1.29, 1.82) is 0 Å². The van der Waals surface area contributed by atoms with Crippen molar-refractivity contribution in [3.05, 3.63) is 0 Å². The number of rotatable bonds is 3. The molecule has 66 valence electrons. The molecule has 1 saturated heterocycles. The Morgan fingerprint density at radius 1 is 1.45 bits per heavy atom. The van der Waals surface area contributed by atoms with Crippen LogP contribution in [0.15, 0.2) is 0 Å². The molecule has 1 aliphatic heterocycles. The fraction of sp³-hybridized carbons (Fsp3) is 1.00. The van der Waals surface area contributed by atoms with E-state index in [0.29, 0.717) is 6.42 Å². The van der Waals surface area contributed by atoms with Crippen molar-refractivity contribution >= 4 is 11.8 Å². The molecule has 4 heteroatoms. The SMILES string of the molecule is OCC(O)CC1CSCC1O. The molecule has 3 nitrogen and oxygen atoms in total. The van der Waals surface area contributed by atoms with E-state index in [2.05, 4.69) is 0 Å². The van der Waals surface area contributed by atoms with Crippen LogP contribution in [0.2, 0.25) is 0 Å². The Morgan fingerprint density at radius 3 is 2.64 bits per heavy atom. The summed E-state index contributed by atoms with van der Waals surface area (Å²) in [6.07, 6.45) is -0.431. The molecule has 1 heterocycles. The third-order valence-electron chi connectivity index (χ3n) is 1.95. The Kier molecular flexibility index (Phi) is 3.65. The topological polar surface area (TPSA) is 60.7 Å². The summed E-state index contributed by atoms with van der Waals surface area (Å²) in [5.41, 5.74) is 0. The summed E-state index contributed by atoms with van der Waals surface area (Å²) >= 11 is 1.70. The quantitative estimate of drug-likeness (QED) is 0.543. The van der Waals surface area contributed by atoms with Crippen LogP contribution < -0.4 is 0 Å². The first-order valence-electron chi connectivity index (χ1n) is 3.78. The Bertz CT molecular complexity index is 120. The highest BCUT2D eigenvalue weighted by Crippen LogP contribution is 2.27. The van der Waals surface area contributed by atoms with Gasteiger partial charge < -0.3 is 15.3 Å². The average Bonchev–Trinajstić information content (AvgIpc) is 2.37. The molecule has 0 bridgehead atoms. The maximum absolute atomic E-state index is 9.32. The Hall–Kier alpha value is 0.230. The normalized spacial score (nSPS) is 34.1. The lowest BCUT2D eigenvalue weighted by molar-refractivity contribution is 0.0516. The van der Waals surface area contributed by atoms with Gasteiger partial charge in [-0.1, -0.05) is 0 Å². The maximum atomic E-state index is 9.32. The highest BCUT2D eigenvalue weighted by molar-refractivity contribution is 7.99. The van der Waals surface area contributed by atoms with Gasteiger partial charge >= 0.3 is 0 Å². The first-order valence-corrected chi connectivity index (χ1v) is 4.94. The van der Waals surface area contributed by atoms with Gasteiger partial charge in [0.25, 0.3) is 0 Å². The second-order valence-corrected chi connectivity index (χ2v) is 4.01. The van der Waals surface area contributed by atoms with Crippen molar-refractivity contribution in [3.63, 3.8) is 0 Å². The summed E-state index contributed by atoms with van der Waals surface area (Å²) in [4.78, 5) is 0. The Morgan fingerprint density at radius 2 is 2.18 bits per heavy atom. The van der Waals surface area contributed by atoms with Crippen LogP contribution in [0.3, 0.4) is 0 Å². The molecule has 0 aromatic heterocycles. The molecule has 0 aliphatic carbocycles. The molecular formula is C7H14O3S. The fourth-order valence-electron chi connectivity index (χ4n) is 1.24. The minimum atomic E-state index is -0.659. The van der Waals surface area contributed by atoms with Crippen LogP contribution in [0, 0.1) is 5.92 Å². The van der Waals surface area contributed by atoms with Crippen molar-refractivity contribution in [2.75, 3.05) is 18.1 Å². The molecule has 1 aliphatic rings. The van der Waals surface area contributed by atoms with Gasteiger partial charge in [0, 0.05) is 5.75 Å². The molecule has 3 atom stereocenters. The van der Waals surface area contributed by atoms with Crippen LogP contribution in [0.5, 0.6) is 0 Å². The van der Waals surface area contributed by atoms with E-state index < -0.39 is 6.10 Å². The molecule has 0 aromatic carbocycles. The number of hydrogen-bond donors (Lipinski definition) is 3. The van der Waals surface area contributed by atoms with Crippen LogP contribution in [0.25, 0.3) is 0 Å². The van der Waals surface area contributed by atoms with Crippen LogP contribution >= 0.6 is 11.8 Å². The lowest BCUT2D eigenvalue weighted by Gasteiger charge is -2.15. The first-order chi connectivity index (χ1) is 5.24. The van der Waals surface area contributed by atoms with Gasteiger partial charge in [0.05, 0.1) is 18.8 Å². The molecule has 0 saturated carbocycles. The maximum Gasteiger partial charge on any atom is 0.0774 e. The zero-order chi connectivity index (χ0) is 8.27. The van der Waals surface area contributed by atoms with Gasteiger partial charge in [0.2, 0.25) is 0 Å². The summed E-state index contributed by atoms with van der Waals surface area (Å²) in [5, 5.41) is 26.9. The van der Waals surface area contributed by atoms with Crippen molar-refractivity contribution in [1.82, 2.24) is 0 Å². The lowest BCUT2D eigenvalue weighted by Crippen LogP contribution is -2.25. The van der Waals surface area contributed by atoms with E-state index in [1.807, 2.05) is 0 Å². The number of aliphatic hydroxyl groups is 3. The van der Waals surface area contributed by atoms with E-state index in [1.54, 1.807) is 11.8 Å². The fourth-order valence-corrected chi connectivity index (χ4v) is 2.55. The van der Waals surface area contributed by atoms with E-state index >= 15 is 0 Å². The Balaban J connectivity index is 2.24. The van der Waals surface area contributed by atoms with E-state index in [0.717, 1.165) is 11.5 Å². The third kappa shape index (κ3) is 2.63. The second kappa shape index (κ2) is 4.30. The van der Waals surface area contributed by atoms with Crippen molar-refractivity contribution in [2.24, 2.45) is 5.92 Å². The Labute approximate surface area is 70.4 Å². The molecule has 0 amide bonds. The van der Waals surface area contributed by atoms with Crippen LogP contribution in [0.4, 0.5) is 0 Å². The summed E-state index contributed by atoms with van der Waals surface area (Å²) < 4.78 is 0. The monoisotopic (exact) mass is 178 g/mol. The predicted molar refractivity (Wildman–Crippen MR) is 44.5 cm³/mol. The molecule has 0 spiro atoms. The summed E-state index contributed by atoms with van der Waals surface area (Å²) in [6.45, 7) is -0.201. The van der Waals surface area contributed by atoms with Gasteiger partial charge in [-0.3, -0.25) is 0 Å². The largest absolute Gasteiger partial charge is 0.394 e. The van der Waals surface area contributed by atoms with E-state index in [4.69, 9.17) is 10.2 Å². The zero-order valence-corrected chi connectivity index (χ0v) is 7.13. The van der Waals surface area contributed by atoms with Crippen molar-refractivity contribution < 1.29 is 15.3 Å². The summed E-state index contributed by atoms with van der Waals surface area (Å²) in [7, 11) is 0. The minimum Gasteiger partial charge on any atom is -0.394 e.